The molecule has 2 heterocycles. The lowest BCUT2D eigenvalue weighted by molar-refractivity contribution is 0.102. The van der Waals surface area contributed by atoms with Gasteiger partial charge in [0.1, 0.15) is 5.82 Å². The summed E-state index contributed by atoms with van der Waals surface area (Å²) in [4.78, 5) is 17.5. The Morgan fingerprint density at radius 1 is 0.963 bits per heavy atom. The molecule has 5 rings (SSSR count). The molecule has 4 nitrogen and oxygen atoms in total. The number of fused-ring (bicyclic) bond motifs is 2. The van der Waals surface area contributed by atoms with Gasteiger partial charge in [0.25, 0.3) is 5.91 Å². The van der Waals surface area contributed by atoms with E-state index in [-0.39, 0.29) is 5.91 Å². The summed E-state index contributed by atoms with van der Waals surface area (Å²) in [6, 6.07) is 14.1. The molecule has 1 aliphatic carbocycles. The maximum Gasteiger partial charge on any atom is 0.255 e. The van der Waals surface area contributed by atoms with E-state index in [4.69, 9.17) is 4.98 Å². The number of nitrogens with zero attached hydrogens (tertiary/aromatic N) is 2. The number of nitrogens with one attached hydrogen (secondary N) is 1. The normalized spacial score (nSPS) is 15.3. The number of benzene rings is 2. The van der Waals surface area contributed by atoms with Gasteiger partial charge in [-0.3, -0.25) is 4.79 Å². The number of hydrogen-bond donors (Lipinski definition) is 1. The summed E-state index contributed by atoms with van der Waals surface area (Å²) in [7, 11) is 0. The van der Waals surface area contributed by atoms with Gasteiger partial charge in [-0.15, -0.1) is 0 Å². The number of imidazole rings is 1. The van der Waals surface area contributed by atoms with Gasteiger partial charge in [0.2, 0.25) is 0 Å². The standard InChI is InChI=1S/C23H23N3O/c27-23(19-11-10-16-5-3-6-17(16)13-19)24-20-8-4-7-18(14-20)21-15-26-12-2-1-9-22(26)25-21/h4,7-8,10-11,13-15H,1-3,5-6,9,12H2,(H,24,27). The molecule has 1 N–H and O–H groups in total. The van der Waals surface area contributed by atoms with Crippen LogP contribution < -0.4 is 5.32 Å². The van der Waals surface area contributed by atoms with Crippen LogP contribution in [0.25, 0.3) is 11.3 Å². The predicted octanol–water partition coefficient (Wildman–Crippen LogP) is 4.63. The number of hydrogen-bond acceptors (Lipinski definition) is 2. The third-order valence-electron chi connectivity index (χ3n) is 5.69. The number of carbonyl (C=O) groups excluding carboxylic acids is 1. The Morgan fingerprint density at radius 2 is 1.89 bits per heavy atom. The van der Waals surface area contributed by atoms with Gasteiger partial charge in [-0.1, -0.05) is 18.2 Å². The van der Waals surface area contributed by atoms with Crippen molar-refractivity contribution in [2.75, 3.05) is 5.32 Å². The molecule has 4 heteroatoms. The fraction of sp³-hybridized carbons (Fsp3) is 0.304. The maximum atomic E-state index is 12.7. The van der Waals surface area contributed by atoms with Crippen LogP contribution in [0.5, 0.6) is 0 Å². The molecule has 0 bridgehead atoms. The Labute approximate surface area is 159 Å². The van der Waals surface area contributed by atoms with Crippen molar-refractivity contribution in [1.29, 1.82) is 0 Å². The Morgan fingerprint density at radius 3 is 2.81 bits per heavy atom. The van der Waals surface area contributed by atoms with Crippen molar-refractivity contribution in [1.82, 2.24) is 9.55 Å². The molecule has 1 aliphatic heterocycles. The van der Waals surface area contributed by atoms with Crippen LogP contribution in [0, 0.1) is 0 Å². The summed E-state index contributed by atoms with van der Waals surface area (Å²) in [5, 5.41) is 3.05. The van der Waals surface area contributed by atoms with Crippen molar-refractivity contribution in [3.05, 3.63) is 71.2 Å². The smallest absolute Gasteiger partial charge is 0.255 e. The van der Waals surface area contributed by atoms with E-state index in [0.29, 0.717) is 0 Å². The molecular weight excluding hydrogens is 334 g/mol. The van der Waals surface area contributed by atoms with Crippen LogP contribution in [0.1, 0.15) is 46.6 Å². The zero-order valence-corrected chi connectivity index (χ0v) is 15.4. The van der Waals surface area contributed by atoms with Crippen LogP contribution in [-0.2, 0) is 25.8 Å². The summed E-state index contributed by atoms with van der Waals surface area (Å²) in [6.07, 6.45) is 9.03. The van der Waals surface area contributed by atoms with Gasteiger partial charge in [0, 0.05) is 36.0 Å². The van der Waals surface area contributed by atoms with E-state index in [1.165, 1.54) is 36.2 Å². The summed E-state index contributed by atoms with van der Waals surface area (Å²) >= 11 is 0. The molecule has 136 valence electrons. The maximum absolute atomic E-state index is 12.7. The molecule has 0 saturated carbocycles. The predicted molar refractivity (Wildman–Crippen MR) is 107 cm³/mol. The van der Waals surface area contributed by atoms with E-state index in [1.54, 1.807) is 0 Å². The first-order chi connectivity index (χ1) is 13.3. The highest BCUT2D eigenvalue weighted by Crippen LogP contribution is 2.26. The van der Waals surface area contributed by atoms with E-state index in [0.717, 1.165) is 48.3 Å². The van der Waals surface area contributed by atoms with Crippen LogP contribution in [0.15, 0.2) is 48.7 Å². The van der Waals surface area contributed by atoms with Crippen LogP contribution >= 0.6 is 0 Å². The van der Waals surface area contributed by atoms with Crippen LogP contribution in [-0.4, -0.2) is 15.5 Å². The fourth-order valence-corrected chi connectivity index (χ4v) is 4.22. The lowest BCUT2D eigenvalue weighted by Gasteiger charge is -2.11. The van der Waals surface area contributed by atoms with Crippen LogP contribution in [0.2, 0.25) is 0 Å². The molecule has 2 aliphatic rings. The van der Waals surface area contributed by atoms with Gasteiger partial charge < -0.3 is 9.88 Å². The SMILES string of the molecule is O=C(Nc1cccc(-c2cn3c(n2)CCCC3)c1)c1ccc2c(c1)CCC2. The van der Waals surface area contributed by atoms with Crippen molar-refractivity contribution >= 4 is 11.6 Å². The highest BCUT2D eigenvalue weighted by atomic mass is 16.1. The van der Waals surface area contributed by atoms with E-state index in [1.807, 2.05) is 30.3 Å². The summed E-state index contributed by atoms with van der Waals surface area (Å²) in [6.45, 7) is 1.05. The van der Waals surface area contributed by atoms with Crippen molar-refractivity contribution < 1.29 is 4.79 Å². The molecule has 3 aromatic rings. The molecule has 0 radical (unpaired) electrons. The van der Waals surface area contributed by atoms with Crippen molar-refractivity contribution in [2.45, 2.75) is 45.1 Å². The second-order valence-corrected chi connectivity index (χ2v) is 7.56. The minimum Gasteiger partial charge on any atom is -0.334 e. The molecule has 1 amide bonds. The van der Waals surface area contributed by atoms with Crippen molar-refractivity contribution in [3.8, 4) is 11.3 Å². The van der Waals surface area contributed by atoms with Crippen LogP contribution in [0.3, 0.4) is 0 Å². The molecule has 1 aromatic heterocycles. The molecule has 2 aromatic carbocycles. The van der Waals surface area contributed by atoms with Crippen molar-refractivity contribution in [2.24, 2.45) is 0 Å². The zero-order chi connectivity index (χ0) is 18.2. The second kappa shape index (κ2) is 6.69. The summed E-state index contributed by atoms with van der Waals surface area (Å²) in [5.41, 5.74) is 6.28. The largest absolute Gasteiger partial charge is 0.334 e. The summed E-state index contributed by atoms with van der Waals surface area (Å²) in [5.74, 6) is 1.12. The van der Waals surface area contributed by atoms with Gasteiger partial charge in [-0.05, 0) is 67.5 Å². The molecule has 0 atom stereocenters. The second-order valence-electron chi connectivity index (χ2n) is 7.56. The lowest BCUT2D eigenvalue weighted by atomic mass is 10.1. The Hall–Kier alpha value is -2.88. The number of carbonyl (C=O) groups is 1. The van der Waals surface area contributed by atoms with E-state index < -0.39 is 0 Å². The van der Waals surface area contributed by atoms with Crippen LogP contribution in [0.4, 0.5) is 5.69 Å². The average Bonchev–Trinajstić information content (AvgIpc) is 3.34. The monoisotopic (exact) mass is 357 g/mol. The first-order valence-corrected chi connectivity index (χ1v) is 9.86. The molecule has 27 heavy (non-hydrogen) atoms. The first kappa shape index (κ1) is 16.3. The van der Waals surface area contributed by atoms with E-state index in [2.05, 4.69) is 28.2 Å². The Balaban J connectivity index is 1.37. The Bertz CT molecular complexity index is 995. The quantitative estimate of drug-likeness (QED) is 0.743. The number of amides is 1. The van der Waals surface area contributed by atoms with Gasteiger partial charge in [-0.2, -0.15) is 0 Å². The molecular formula is C23H23N3O. The minimum absolute atomic E-state index is 0.0500. The highest BCUT2D eigenvalue weighted by Gasteiger charge is 2.16. The molecule has 0 unspecified atom stereocenters. The van der Waals surface area contributed by atoms with Gasteiger partial charge >= 0.3 is 0 Å². The topological polar surface area (TPSA) is 46.9 Å². The first-order valence-electron chi connectivity index (χ1n) is 9.86. The summed E-state index contributed by atoms with van der Waals surface area (Å²) < 4.78 is 2.26. The minimum atomic E-state index is -0.0500. The molecule has 0 saturated heterocycles. The van der Waals surface area contributed by atoms with E-state index >= 15 is 0 Å². The molecule has 0 fully saturated rings. The third kappa shape index (κ3) is 3.16. The lowest BCUT2D eigenvalue weighted by Crippen LogP contribution is -2.12. The molecule has 0 spiro atoms. The van der Waals surface area contributed by atoms with Gasteiger partial charge in [-0.25, -0.2) is 4.98 Å². The highest BCUT2D eigenvalue weighted by molar-refractivity contribution is 6.04. The third-order valence-corrected chi connectivity index (χ3v) is 5.69. The van der Waals surface area contributed by atoms with Crippen molar-refractivity contribution in [3.63, 3.8) is 0 Å². The number of aromatic nitrogens is 2. The van der Waals surface area contributed by atoms with Gasteiger partial charge in [0.15, 0.2) is 0 Å². The Kier molecular flexibility index (Phi) is 4.04. The fourth-order valence-electron chi connectivity index (χ4n) is 4.22. The number of anilines is 1. The number of aryl methyl sites for hydroxylation is 4. The zero-order valence-electron chi connectivity index (χ0n) is 15.4. The average molecular weight is 357 g/mol. The van der Waals surface area contributed by atoms with Gasteiger partial charge in [0.05, 0.1) is 5.69 Å². The van der Waals surface area contributed by atoms with E-state index in [9.17, 15) is 4.79 Å². The number of rotatable bonds is 3.